The highest BCUT2D eigenvalue weighted by Crippen LogP contribution is 2.52. The number of hydrogen-bond acceptors (Lipinski definition) is 3. The Kier molecular flexibility index (Phi) is 5.55. The largest absolute Gasteiger partial charge is 0.458 e. The van der Waals surface area contributed by atoms with E-state index in [1.807, 2.05) is 18.2 Å². The van der Waals surface area contributed by atoms with Crippen LogP contribution >= 0.6 is 0 Å². The molecule has 0 bridgehead atoms. The van der Waals surface area contributed by atoms with Gasteiger partial charge in [-0.2, -0.15) is 0 Å². The van der Waals surface area contributed by atoms with E-state index in [-0.39, 0.29) is 29.0 Å². The average molecular weight is 387 g/mol. The molecule has 3 rings (SSSR count). The van der Waals surface area contributed by atoms with E-state index in [2.05, 4.69) is 33.8 Å². The van der Waals surface area contributed by atoms with Crippen molar-refractivity contribution in [2.24, 2.45) is 10.8 Å². The Hall–Kier alpha value is -1.94. The molecule has 2 atom stereocenters. The predicted molar refractivity (Wildman–Crippen MR) is 109 cm³/mol. The van der Waals surface area contributed by atoms with Crippen LogP contribution in [0.1, 0.15) is 64.5 Å². The summed E-state index contributed by atoms with van der Waals surface area (Å²) in [5.41, 5.74) is 4.13. The molecule has 1 fully saturated rings. The summed E-state index contributed by atoms with van der Waals surface area (Å²) in [5.74, 6) is -0.556. The summed E-state index contributed by atoms with van der Waals surface area (Å²) in [7, 11) is 0. The Morgan fingerprint density at radius 1 is 1.25 bits per heavy atom. The van der Waals surface area contributed by atoms with Crippen LogP contribution in [-0.4, -0.2) is 23.3 Å². The zero-order valence-electron chi connectivity index (χ0n) is 17.5. The lowest BCUT2D eigenvalue weighted by Crippen LogP contribution is -2.32. The van der Waals surface area contributed by atoms with Crippen LogP contribution in [0.4, 0.5) is 4.39 Å². The molecule has 28 heavy (non-hydrogen) atoms. The molecule has 0 saturated carbocycles. The van der Waals surface area contributed by atoms with Crippen LogP contribution in [0.25, 0.3) is 5.57 Å². The molecule has 0 unspecified atom stereocenters. The van der Waals surface area contributed by atoms with Gasteiger partial charge in [-0.1, -0.05) is 39.8 Å². The number of carbonyl (C=O) groups is 1. The van der Waals surface area contributed by atoms with Gasteiger partial charge in [-0.05, 0) is 71.1 Å². The number of ether oxygens (including phenoxy) is 1. The van der Waals surface area contributed by atoms with Gasteiger partial charge in [0, 0.05) is 6.42 Å². The number of aliphatic hydroxyl groups is 1. The molecule has 4 heteroatoms. The van der Waals surface area contributed by atoms with E-state index in [4.69, 9.17) is 4.74 Å². The normalized spacial score (nSPS) is 27.2. The molecule has 1 aliphatic carbocycles. The van der Waals surface area contributed by atoms with Crippen LogP contribution in [0.3, 0.4) is 0 Å². The highest BCUT2D eigenvalue weighted by atomic mass is 19.1. The topological polar surface area (TPSA) is 46.5 Å². The van der Waals surface area contributed by atoms with Crippen LogP contribution in [0.15, 0.2) is 35.9 Å². The van der Waals surface area contributed by atoms with Gasteiger partial charge in [0.15, 0.2) is 0 Å². The Morgan fingerprint density at radius 3 is 2.61 bits per heavy atom. The van der Waals surface area contributed by atoms with Crippen LogP contribution in [0, 0.1) is 23.6 Å². The third kappa shape index (κ3) is 4.54. The van der Waals surface area contributed by atoms with Crippen LogP contribution in [0.2, 0.25) is 0 Å². The van der Waals surface area contributed by atoms with Crippen molar-refractivity contribution in [3.8, 4) is 0 Å². The fourth-order valence-electron chi connectivity index (χ4n) is 4.88. The van der Waals surface area contributed by atoms with E-state index < -0.39 is 12.2 Å². The smallest absolute Gasteiger partial charge is 0.309 e. The third-order valence-electron chi connectivity index (χ3n) is 5.80. The number of esters is 1. The summed E-state index contributed by atoms with van der Waals surface area (Å²) in [6.45, 7) is 10.8. The van der Waals surface area contributed by atoms with E-state index in [1.165, 1.54) is 17.2 Å². The molecule has 0 radical (unpaired) electrons. The first kappa shape index (κ1) is 20.8. The molecular weight excluding hydrogens is 355 g/mol. The molecule has 1 aromatic rings. The standard InChI is InChI=1S/C24H31FO3/c1-15-10-16(6-9-21(15)25)19-13-23(2,3)14-24(4,5)20(19)8-7-18-11-17(26)12-22(27)28-18/h6-10,17-18,26H,11-14H2,1-5H3/b8-7+/t17-,18-/m0/s1. The van der Waals surface area contributed by atoms with Gasteiger partial charge in [0.05, 0.1) is 12.5 Å². The first-order chi connectivity index (χ1) is 13.0. The van der Waals surface area contributed by atoms with Gasteiger partial charge in [-0.15, -0.1) is 0 Å². The van der Waals surface area contributed by atoms with Gasteiger partial charge >= 0.3 is 5.97 Å². The van der Waals surface area contributed by atoms with Crippen molar-refractivity contribution < 1.29 is 19.0 Å². The maximum atomic E-state index is 13.8. The molecular formula is C24H31FO3. The van der Waals surface area contributed by atoms with Gasteiger partial charge in [-0.25, -0.2) is 4.39 Å². The molecule has 1 aromatic carbocycles. The second kappa shape index (κ2) is 7.47. The second-order valence-corrected chi connectivity index (χ2v) is 9.74. The first-order valence-electron chi connectivity index (χ1n) is 10.0. The molecule has 152 valence electrons. The Balaban J connectivity index is 2.04. The van der Waals surface area contributed by atoms with Gasteiger partial charge in [-0.3, -0.25) is 4.79 Å². The number of aliphatic hydroxyl groups excluding tert-OH is 1. The zero-order valence-corrected chi connectivity index (χ0v) is 17.5. The summed E-state index contributed by atoms with van der Waals surface area (Å²) >= 11 is 0. The Bertz CT molecular complexity index is 832. The SMILES string of the molecule is Cc1cc(C2=C(/C=C/[C@H]3C[C@H](O)CC(=O)O3)C(C)(C)CC(C)(C)C2)ccc1F. The van der Waals surface area contributed by atoms with Crippen molar-refractivity contribution >= 4 is 11.5 Å². The molecule has 3 nitrogen and oxygen atoms in total. The van der Waals surface area contributed by atoms with Crippen molar-refractivity contribution in [1.29, 1.82) is 0 Å². The highest BCUT2D eigenvalue weighted by molar-refractivity contribution is 5.74. The van der Waals surface area contributed by atoms with Crippen LogP contribution < -0.4 is 0 Å². The van der Waals surface area contributed by atoms with Crippen LogP contribution in [0.5, 0.6) is 0 Å². The maximum Gasteiger partial charge on any atom is 0.309 e. The number of hydrogen-bond donors (Lipinski definition) is 1. The first-order valence-corrected chi connectivity index (χ1v) is 10.0. The summed E-state index contributed by atoms with van der Waals surface area (Å²) in [6.07, 6.45) is 5.29. The number of carbonyl (C=O) groups excluding carboxylic acids is 1. The van der Waals surface area contributed by atoms with E-state index in [0.29, 0.717) is 12.0 Å². The summed E-state index contributed by atoms with van der Waals surface area (Å²) in [5, 5.41) is 9.86. The predicted octanol–water partition coefficient (Wildman–Crippen LogP) is 5.36. The van der Waals surface area contributed by atoms with E-state index in [9.17, 15) is 14.3 Å². The molecule has 0 aromatic heterocycles. The minimum absolute atomic E-state index is 0.0623. The van der Waals surface area contributed by atoms with E-state index in [0.717, 1.165) is 18.4 Å². The van der Waals surface area contributed by atoms with Gasteiger partial charge < -0.3 is 9.84 Å². The molecule has 1 heterocycles. The van der Waals surface area contributed by atoms with Crippen molar-refractivity contribution in [2.75, 3.05) is 0 Å². The van der Waals surface area contributed by atoms with Crippen LogP contribution in [-0.2, 0) is 9.53 Å². The molecule has 0 spiro atoms. The molecule has 0 amide bonds. The van der Waals surface area contributed by atoms with Crippen molar-refractivity contribution in [3.63, 3.8) is 0 Å². The molecule has 1 aliphatic heterocycles. The fraction of sp³-hybridized carbons (Fsp3) is 0.542. The summed E-state index contributed by atoms with van der Waals surface area (Å²) in [6, 6.07) is 5.31. The molecule has 2 aliphatic rings. The lowest BCUT2D eigenvalue weighted by Gasteiger charge is -2.43. The number of allylic oxidation sites excluding steroid dienone is 3. The van der Waals surface area contributed by atoms with E-state index >= 15 is 0 Å². The quantitative estimate of drug-likeness (QED) is 0.712. The van der Waals surface area contributed by atoms with Gasteiger partial charge in [0.2, 0.25) is 0 Å². The van der Waals surface area contributed by atoms with Crippen molar-refractivity contribution in [3.05, 3.63) is 52.9 Å². The zero-order chi connectivity index (χ0) is 20.7. The van der Waals surface area contributed by atoms with Crippen molar-refractivity contribution in [1.82, 2.24) is 0 Å². The fourth-order valence-corrected chi connectivity index (χ4v) is 4.88. The number of rotatable bonds is 3. The highest BCUT2D eigenvalue weighted by Gasteiger charge is 2.38. The number of aryl methyl sites for hydroxylation is 1. The molecule has 1 saturated heterocycles. The summed E-state index contributed by atoms with van der Waals surface area (Å²) in [4.78, 5) is 11.6. The number of halogens is 1. The van der Waals surface area contributed by atoms with Crippen molar-refractivity contribution in [2.45, 2.75) is 72.5 Å². The van der Waals surface area contributed by atoms with Gasteiger partial charge in [0.25, 0.3) is 0 Å². The minimum Gasteiger partial charge on any atom is -0.458 e. The average Bonchev–Trinajstić information content (AvgIpc) is 2.53. The lowest BCUT2D eigenvalue weighted by atomic mass is 9.61. The van der Waals surface area contributed by atoms with Gasteiger partial charge in [0.1, 0.15) is 11.9 Å². The lowest BCUT2D eigenvalue weighted by molar-refractivity contribution is -0.156. The number of benzene rings is 1. The monoisotopic (exact) mass is 386 g/mol. The second-order valence-electron chi connectivity index (χ2n) is 9.74. The Morgan fingerprint density at radius 2 is 1.96 bits per heavy atom. The Labute approximate surface area is 167 Å². The third-order valence-corrected chi connectivity index (χ3v) is 5.80. The molecule has 1 N–H and O–H groups in total. The summed E-state index contributed by atoms with van der Waals surface area (Å²) < 4.78 is 19.2. The maximum absolute atomic E-state index is 13.8. The minimum atomic E-state index is -0.651. The number of cyclic esters (lactones) is 1. The van der Waals surface area contributed by atoms with E-state index in [1.54, 1.807) is 6.92 Å².